The molecule has 114 valence electrons. The maximum Gasteiger partial charge on any atom is 0.268 e. The second-order valence-corrected chi connectivity index (χ2v) is 7.03. The number of hydrogen-bond acceptors (Lipinski definition) is 6. The molecule has 1 atom stereocenters. The minimum Gasteiger partial charge on any atom is -0.333 e. The van der Waals surface area contributed by atoms with Crippen LogP contribution in [0.25, 0.3) is 10.8 Å². The highest BCUT2D eigenvalue weighted by Gasteiger charge is 2.20. The second-order valence-electron chi connectivity index (χ2n) is 5.78. The van der Waals surface area contributed by atoms with E-state index in [0.29, 0.717) is 11.7 Å². The van der Waals surface area contributed by atoms with E-state index in [1.54, 1.807) is 11.3 Å². The molecule has 1 aliphatic heterocycles. The molecule has 0 bridgehead atoms. The number of piperidine rings is 1. The Morgan fingerprint density at radius 2 is 2.10 bits per heavy atom. The minimum absolute atomic E-state index is 0.178. The summed E-state index contributed by atoms with van der Waals surface area (Å²) < 4.78 is 5.38. The molecule has 0 amide bonds. The summed E-state index contributed by atoms with van der Waals surface area (Å²) in [6.07, 6.45) is 3.85. The molecule has 3 heterocycles. The zero-order valence-electron chi connectivity index (χ0n) is 12.6. The zero-order valence-corrected chi connectivity index (χ0v) is 13.4. The molecular weight excluding hydrogens is 284 g/mol. The van der Waals surface area contributed by atoms with Crippen molar-refractivity contribution >= 4 is 11.3 Å². The SMILES string of the molecule is Cc1cc(-c2nc(C(N)CN3CCCCC3)no2)sc1C. The van der Waals surface area contributed by atoms with E-state index in [9.17, 15) is 0 Å². The highest BCUT2D eigenvalue weighted by atomic mass is 32.1. The summed E-state index contributed by atoms with van der Waals surface area (Å²) in [6, 6.07) is 1.91. The number of aryl methyl sites for hydroxylation is 2. The Morgan fingerprint density at radius 1 is 1.33 bits per heavy atom. The van der Waals surface area contributed by atoms with Gasteiger partial charge in [0.15, 0.2) is 5.82 Å². The first-order valence-electron chi connectivity index (χ1n) is 7.52. The Hall–Kier alpha value is -1.24. The topological polar surface area (TPSA) is 68.2 Å². The smallest absolute Gasteiger partial charge is 0.268 e. The molecule has 1 aliphatic rings. The van der Waals surface area contributed by atoms with Crippen molar-refractivity contribution in [2.45, 2.75) is 39.2 Å². The summed E-state index contributed by atoms with van der Waals surface area (Å²) in [4.78, 5) is 9.18. The molecule has 5 nitrogen and oxygen atoms in total. The summed E-state index contributed by atoms with van der Waals surface area (Å²) in [5, 5.41) is 4.07. The molecule has 6 heteroatoms. The Kier molecular flexibility index (Phi) is 4.37. The van der Waals surface area contributed by atoms with Crippen LogP contribution >= 0.6 is 11.3 Å². The monoisotopic (exact) mass is 306 g/mol. The Balaban J connectivity index is 1.68. The fourth-order valence-electron chi connectivity index (χ4n) is 2.67. The molecule has 3 rings (SSSR count). The van der Waals surface area contributed by atoms with Crippen LogP contribution in [0.3, 0.4) is 0 Å². The highest BCUT2D eigenvalue weighted by Crippen LogP contribution is 2.30. The van der Waals surface area contributed by atoms with Crippen LogP contribution in [0.5, 0.6) is 0 Å². The molecular formula is C15H22N4OS. The van der Waals surface area contributed by atoms with Gasteiger partial charge >= 0.3 is 0 Å². The van der Waals surface area contributed by atoms with Crippen molar-refractivity contribution in [1.29, 1.82) is 0 Å². The molecule has 2 aromatic rings. The van der Waals surface area contributed by atoms with Crippen molar-refractivity contribution in [2.75, 3.05) is 19.6 Å². The van der Waals surface area contributed by atoms with Gasteiger partial charge in [-0.3, -0.25) is 0 Å². The summed E-state index contributed by atoms with van der Waals surface area (Å²) >= 11 is 1.68. The fourth-order valence-corrected chi connectivity index (χ4v) is 3.62. The minimum atomic E-state index is -0.178. The van der Waals surface area contributed by atoms with E-state index < -0.39 is 0 Å². The van der Waals surface area contributed by atoms with E-state index in [1.165, 1.54) is 29.7 Å². The second kappa shape index (κ2) is 6.25. The third-order valence-electron chi connectivity index (χ3n) is 4.05. The maximum atomic E-state index is 6.23. The predicted molar refractivity (Wildman–Crippen MR) is 84.3 cm³/mol. The van der Waals surface area contributed by atoms with Crippen LogP contribution in [0.1, 0.15) is 41.6 Å². The van der Waals surface area contributed by atoms with E-state index in [2.05, 4.69) is 35.0 Å². The van der Waals surface area contributed by atoms with Crippen LogP contribution in [0, 0.1) is 13.8 Å². The fraction of sp³-hybridized carbons (Fsp3) is 0.600. The third-order valence-corrected chi connectivity index (χ3v) is 5.19. The van der Waals surface area contributed by atoms with Crippen molar-refractivity contribution < 1.29 is 4.52 Å². The van der Waals surface area contributed by atoms with Gasteiger partial charge in [-0.25, -0.2) is 0 Å². The van der Waals surface area contributed by atoms with Crippen LogP contribution in [-0.2, 0) is 0 Å². The number of aromatic nitrogens is 2. The van der Waals surface area contributed by atoms with E-state index >= 15 is 0 Å². The largest absolute Gasteiger partial charge is 0.333 e. The van der Waals surface area contributed by atoms with Gasteiger partial charge in [-0.05, 0) is 51.4 Å². The van der Waals surface area contributed by atoms with Gasteiger partial charge in [-0.2, -0.15) is 4.98 Å². The van der Waals surface area contributed by atoms with Crippen LogP contribution in [0.15, 0.2) is 10.6 Å². The zero-order chi connectivity index (χ0) is 14.8. The maximum absolute atomic E-state index is 6.23. The Labute approximate surface area is 129 Å². The van der Waals surface area contributed by atoms with Gasteiger partial charge in [0.05, 0.1) is 10.9 Å². The van der Waals surface area contributed by atoms with Gasteiger partial charge in [0.1, 0.15) is 0 Å². The standard InChI is InChI=1S/C15H22N4OS/c1-10-8-13(21-11(10)2)15-17-14(18-20-15)12(16)9-19-6-4-3-5-7-19/h8,12H,3-7,9,16H2,1-2H3. The first kappa shape index (κ1) is 14.7. The lowest BCUT2D eigenvalue weighted by molar-refractivity contribution is 0.213. The molecule has 1 fully saturated rings. The summed E-state index contributed by atoms with van der Waals surface area (Å²) in [6.45, 7) is 7.25. The molecule has 2 N–H and O–H groups in total. The molecule has 0 aromatic carbocycles. The highest BCUT2D eigenvalue weighted by molar-refractivity contribution is 7.15. The van der Waals surface area contributed by atoms with Crippen molar-refractivity contribution in [3.05, 3.63) is 22.3 Å². The van der Waals surface area contributed by atoms with Gasteiger partial charge in [-0.15, -0.1) is 11.3 Å². The van der Waals surface area contributed by atoms with Crippen molar-refractivity contribution in [1.82, 2.24) is 15.0 Å². The normalized spacial score (nSPS) is 18.0. The summed E-state index contributed by atoms with van der Waals surface area (Å²) in [5.74, 6) is 1.19. The molecule has 2 aromatic heterocycles. The molecule has 0 radical (unpaired) electrons. The number of rotatable bonds is 4. The van der Waals surface area contributed by atoms with E-state index in [4.69, 9.17) is 10.3 Å². The molecule has 21 heavy (non-hydrogen) atoms. The molecule has 0 aliphatic carbocycles. The van der Waals surface area contributed by atoms with Gasteiger partial charge in [0.25, 0.3) is 5.89 Å². The molecule has 0 spiro atoms. The molecule has 1 saturated heterocycles. The van der Waals surface area contributed by atoms with Crippen LogP contribution in [0.2, 0.25) is 0 Å². The van der Waals surface area contributed by atoms with Gasteiger partial charge in [0.2, 0.25) is 0 Å². The quantitative estimate of drug-likeness (QED) is 0.940. The van der Waals surface area contributed by atoms with Crippen LogP contribution < -0.4 is 5.73 Å². The first-order valence-corrected chi connectivity index (χ1v) is 8.34. The number of hydrogen-bond donors (Lipinski definition) is 1. The first-order chi connectivity index (χ1) is 10.1. The molecule has 1 unspecified atom stereocenters. The average molecular weight is 306 g/mol. The third kappa shape index (κ3) is 3.33. The lowest BCUT2D eigenvalue weighted by Crippen LogP contribution is -2.36. The van der Waals surface area contributed by atoms with Crippen molar-refractivity contribution in [3.8, 4) is 10.8 Å². The van der Waals surface area contributed by atoms with Crippen molar-refractivity contribution in [2.24, 2.45) is 5.73 Å². The van der Waals surface area contributed by atoms with Gasteiger partial charge < -0.3 is 15.2 Å². The predicted octanol–water partition coefficient (Wildman–Crippen LogP) is 2.90. The van der Waals surface area contributed by atoms with E-state index in [-0.39, 0.29) is 6.04 Å². The molecule has 0 saturated carbocycles. The lowest BCUT2D eigenvalue weighted by Gasteiger charge is -2.27. The Morgan fingerprint density at radius 3 is 2.76 bits per heavy atom. The van der Waals surface area contributed by atoms with E-state index in [0.717, 1.165) is 24.5 Å². The van der Waals surface area contributed by atoms with Crippen LogP contribution in [0.4, 0.5) is 0 Å². The number of nitrogens with zero attached hydrogens (tertiary/aromatic N) is 3. The van der Waals surface area contributed by atoms with Gasteiger partial charge in [0, 0.05) is 11.4 Å². The average Bonchev–Trinajstić information content (AvgIpc) is 3.08. The van der Waals surface area contributed by atoms with Crippen molar-refractivity contribution in [3.63, 3.8) is 0 Å². The Bertz CT molecular complexity index is 581. The number of likely N-dealkylation sites (tertiary alicyclic amines) is 1. The number of nitrogens with two attached hydrogens (primary N) is 1. The van der Waals surface area contributed by atoms with Crippen LogP contribution in [-0.4, -0.2) is 34.7 Å². The summed E-state index contributed by atoms with van der Waals surface area (Å²) in [7, 11) is 0. The lowest BCUT2D eigenvalue weighted by atomic mass is 10.1. The summed E-state index contributed by atoms with van der Waals surface area (Å²) in [5.41, 5.74) is 7.49. The van der Waals surface area contributed by atoms with Gasteiger partial charge in [-0.1, -0.05) is 11.6 Å². The van der Waals surface area contributed by atoms with E-state index in [1.807, 2.05) is 0 Å². The number of thiophene rings is 1.